The molecule has 0 aliphatic heterocycles. The van der Waals surface area contributed by atoms with Crippen LogP contribution >= 0.6 is 0 Å². The molecule has 26 rings (SSSR count). The molecule has 0 saturated carbocycles. The Kier molecular flexibility index (Phi) is 20.8. The van der Waals surface area contributed by atoms with Gasteiger partial charge in [0.05, 0.1) is 0 Å². The van der Waals surface area contributed by atoms with E-state index in [-0.39, 0.29) is 0 Å². The Balaban J connectivity index is 0.000000111. The molecule has 0 fully saturated rings. The predicted octanol–water partition coefficient (Wildman–Crippen LogP) is 37.7. The normalized spacial score (nSPS) is 11.4. The topological polar surface area (TPSA) is 0 Å². The van der Waals surface area contributed by atoms with Gasteiger partial charge in [-0.3, -0.25) is 0 Å². The van der Waals surface area contributed by atoms with Gasteiger partial charge in [0.15, 0.2) is 0 Å². The Morgan fingerprint density at radius 1 is 0.0746 bits per heavy atom. The summed E-state index contributed by atoms with van der Waals surface area (Å²) in [6.07, 6.45) is 0. The van der Waals surface area contributed by atoms with Crippen LogP contribution in [0.3, 0.4) is 0 Å². The van der Waals surface area contributed by atoms with E-state index in [0.717, 1.165) is 0 Å². The van der Waals surface area contributed by atoms with Gasteiger partial charge >= 0.3 is 0 Å². The van der Waals surface area contributed by atoms with Crippen LogP contribution in [0.4, 0.5) is 0 Å². The molecule has 0 spiro atoms. The van der Waals surface area contributed by atoms with E-state index in [1.54, 1.807) is 0 Å². The number of hydrogen-bond donors (Lipinski definition) is 0. The van der Waals surface area contributed by atoms with Crippen molar-refractivity contribution in [3.05, 3.63) is 534 Å². The summed E-state index contributed by atoms with van der Waals surface area (Å²) in [6, 6.07) is 195. The minimum atomic E-state index is 1.22. The van der Waals surface area contributed by atoms with E-state index in [9.17, 15) is 0 Å². The second-order valence-electron chi connectivity index (χ2n) is 35.1. The third-order valence-corrected chi connectivity index (χ3v) is 27.4. The van der Waals surface area contributed by atoms with E-state index in [1.807, 2.05) is 0 Å². The van der Waals surface area contributed by atoms with Gasteiger partial charge in [-0.05, 0) is 282 Å². The molecule has 134 heavy (non-hydrogen) atoms. The van der Waals surface area contributed by atoms with Crippen LogP contribution in [-0.2, 0) is 0 Å². The van der Waals surface area contributed by atoms with E-state index in [0.29, 0.717) is 0 Å². The molecule has 0 unspecified atom stereocenters. The fraction of sp³-hybridized carbons (Fsp3) is 0. The van der Waals surface area contributed by atoms with Gasteiger partial charge in [0, 0.05) is 0 Å². The first-order valence-corrected chi connectivity index (χ1v) is 46.4. The number of fused-ring (bicyclic) bond motifs is 11. The van der Waals surface area contributed by atoms with E-state index in [4.69, 9.17) is 0 Å². The van der Waals surface area contributed by atoms with Crippen molar-refractivity contribution in [2.24, 2.45) is 0 Å². The zero-order chi connectivity index (χ0) is 88.8. The van der Waals surface area contributed by atoms with Crippen molar-refractivity contribution >= 4 is 118 Å². The summed E-state index contributed by atoms with van der Waals surface area (Å²) in [5.41, 5.74) is 29.9. The summed E-state index contributed by atoms with van der Waals surface area (Å²) in [5, 5.41) is 27.8. The maximum atomic E-state index is 2.43. The summed E-state index contributed by atoms with van der Waals surface area (Å²) in [5.74, 6) is 0. The van der Waals surface area contributed by atoms with E-state index in [1.165, 1.54) is 252 Å². The third-order valence-electron chi connectivity index (χ3n) is 27.4. The standard InChI is InChI=1S/2C46H30.C42H28/c1-2-12-31(13-3-1)32-24-26-35(27-25-32)45-41-20-8-9-21-42(41)46(40-23-11-17-34-15-5-7-19-38(34)40)44-30-36(28-29-43(44)45)39-22-10-16-33-14-4-6-18-37(33)39;1-2-10-31(11-3-1)34-18-22-35(23-19-34)45-41-16-8-9-17-42(41)46(40-25-21-33-13-5-7-15-37(33)29-40)44-30-39(26-27-43(44)45)38-24-20-32-12-4-6-14-36(32)28-38;1-3-12-29(13-4-1)31-22-24-33(25-23-31)41-37-19-9-10-20-38(37)42(36-21-11-17-32-16-7-8-18-35(32)36)40-28-34(26-27-39(40)41)30-14-5-2-6-15-30/h2*1-30H;1-28H. The lowest BCUT2D eigenvalue weighted by molar-refractivity contribution is 1.61. The highest BCUT2D eigenvalue weighted by molar-refractivity contribution is 6.27. The van der Waals surface area contributed by atoms with Crippen molar-refractivity contribution in [2.75, 3.05) is 0 Å². The first-order chi connectivity index (χ1) is 66.5. The zero-order valence-electron chi connectivity index (χ0n) is 73.8. The molecule has 26 aromatic carbocycles. The summed E-state index contributed by atoms with van der Waals surface area (Å²) in [4.78, 5) is 0. The smallest absolute Gasteiger partial charge is 0.00199 e. The predicted molar refractivity (Wildman–Crippen MR) is 577 cm³/mol. The van der Waals surface area contributed by atoms with E-state index in [2.05, 4.69) is 534 Å². The number of hydrogen-bond acceptors (Lipinski definition) is 0. The Hall–Kier alpha value is -17.4. The molecule has 624 valence electrons. The fourth-order valence-electron chi connectivity index (χ4n) is 21.0. The van der Waals surface area contributed by atoms with Gasteiger partial charge < -0.3 is 0 Å². The number of rotatable bonds is 12. The average Bonchev–Trinajstić information content (AvgIpc) is 0.725. The van der Waals surface area contributed by atoms with Gasteiger partial charge in [-0.15, -0.1) is 0 Å². The summed E-state index contributed by atoms with van der Waals surface area (Å²) >= 11 is 0. The molecule has 0 aliphatic carbocycles. The SMILES string of the molecule is c1ccc(-c2ccc(-c3c4ccccc4c(-c4ccc5ccccc5c4)c4cc(-c5ccc6ccccc6c5)ccc34)cc2)cc1.c1ccc(-c2ccc(-c3c4ccccc4c(-c4cccc5ccccc45)c4cc(-c5cccc6ccccc56)ccc34)cc2)cc1.c1ccc(-c2ccc(-c3c4ccccc4c(-c4cccc5ccccc45)c4cc(-c5ccccc5)ccc34)cc2)cc1. The first kappa shape index (κ1) is 79.9. The van der Waals surface area contributed by atoms with Crippen LogP contribution in [0.5, 0.6) is 0 Å². The van der Waals surface area contributed by atoms with Gasteiger partial charge in [-0.2, -0.15) is 0 Å². The lowest BCUT2D eigenvalue weighted by atomic mass is 9.83. The largest absolute Gasteiger partial charge is 0.0622 e. The van der Waals surface area contributed by atoms with Crippen molar-refractivity contribution in [3.8, 4) is 134 Å². The molecular weight excluding hydrogens is 1610 g/mol. The molecule has 26 aromatic rings. The van der Waals surface area contributed by atoms with E-state index >= 15 is 0 Å². The van der Waals surface area contributed by atoms with Gasteiger partial charge in [0.1, 0.15) is 0 Å². The third kappa shape index (κ3) is 14.8. The van der Waals surface area contributed by atoms with Crippen LogP contribution in [0.2, 0.25) is 0 Å². The molecule has 0 amide bonds. The minimum absolute atomic E-state index is 1.22. The Morgan fingerprint density at radius 3 is 0.649 bits per heavy atom. The van der Waals surface area contributed by atoms with Gasteiger partial charge in [-0.25, -0.2) is 0 Å². The molecule has 0 heterocycles. The second kappa shape index (κ2) is 34.9. The second-order valence-corrected chi connectivity index (χ2v) is 35.1. The molecule has 0 aromatic heterocycles. The van der Waals surface area contributed by atoms with Crippen molar-refractivity contribution in [1.82, 2.24) is 0 Å². The summed E-state index contributed by atoms with van der Waals surface area (Å²) in [6.45, 7) is 0. The van der Waals surface area contributed by atoms with Crippen LogP contribution < -0.4 is 0 Å². The minimum Gasteiger partial charge on any atom is -0.0622 e. The average molecular weight is 1700 g/mol. The summed E-state index contributed by atoms with van der Waals surface area (Å²) in [7, 11) is 0. The monoisotopic (exact) mass is 1700 g/mol. The maximum Gasteiger partial charge on any atom is -0.00199 e. The van der Waals surface area contributed by atoms with Crippen LogP contribution in [0, 0.1) is 0 Å². The Labute approximate surface area is 780 Å². The molecular formula is C134H88. The molecule has 0 bridgehead atoms. The lowest BCUT2D eigenvalue weighted by Crippen LogP contribution is -1.93. The molecule has 0 aliphatic rings. The molecule has 0 N–H and O–H groups in total. The zero-order valence-corrected chi connectivity index (χ0v) is 73.8. The van der Waals surface area contributed by atoms with Crippen LogP contribution in [0.1, 0.15) is 0 Å². The first-order valence-electron chi connectivity index (χ1n) is 46.4. The van der Waals surface area contributed by atoms with Crippen LogP contribution in [0.15, 0.2) is 534 Å². The van der Waals surface area contributed by atoms with Gasteiger partial charge in [0.2, 0.25) is 0 Å². The van der Waals surface area contributed by atoms with Crippen LogP contribution in [0.25, 0.3) is 252 Å². The van der Waals surface area contributed by atoms with Gasteiger partial charge in [-0.1, -0.05) is 504 Å². The molecule has 0 nitrogen and oxygen atoms in total. The Morgan fingerprint density at radius 2 is 0.276 bits per heavy atom. The van der Waals surface area contributed by atoms with E-state index < -0.39 is 0 Å². The van der Waals surface area contributed by atoms with Gasteiger partial charge in [0.25, 0.3) is 0 Å². The maximum absolute atomic E-state index is 2.43. The molecule has 0 atom stereocenters. The van der Waals surface area contributed by atoms with Crippen molar-refractivity contribution in [1.29, 1.82) is 0 Å². The highest BCUT2D eigenvalue weighted by Crippen LogP contribution is 2.52. The molecule has 0 heteroatoms. The molecule has 0 radical (unpaired) electrons. The van der Waals surface area contributed by atoms with Crippen LogP contribution in [-0.4, -0.2) is 0 Å². The highest BCUT2D eigenvalue weighted by atomic mass is 14.3. The molecule has 0 saturated heterocycles. The summed E-state index contributed by atoms with van der Waals surface area (Å²) < 4.78 is 0. The Bertz CT molecular complexity index is 8970. The van der Waals surface area contributed by atoms with Crippen molar-refractivity contribution in [2.45, 2.75) is 0 Å². The quantitative estimate of drug-likeness (QED) is 0.107. The highest BCUT2D eigenvalue weighted by Gasteiger charge is 2.25. The van der Waals surface area contributed by atoms with Crippen molar-refractivity contribution < 1.29 is 0 Å². The number of benzene rings is 26. The fourth-order valence-corrected chi connectivity index (χ4v) is 21.0. The lowest BCUT2D eigenvalue weighted by Gasteiger charge is -2.20. The van der Waals surface area contributed by atoms with Crippen molar-refractivity contribution in [3.63, 3.8) is 0 Å².